The van der Waals surface area contributed by atoms with Crippen LogP contribution in [0.1, 0.15) is 18.4 Å². The number of ether oxygens (including phenoxy) is 1. The maximum atomic E-state index is 12.3. The summed E-state index contributed by atoms with van der Waals surface area (Å²) >= 11 is 0. The number of carboxylic acids is 1. The van der Waals surface area contributed by atoms with Crippen LogP contribution in [0, 0.1) is 5.92 Å². The summed E-state index contributed by atoms with van der Waals surface area (Å²) in [6.07, 6.45) is 2.52. The Balaban J connectivity index is 1.60. The van der Waals surface area contributed by atoms with Gasteiger partial charge in [0.2, 0.25) is 5.91 Å². The summed E-state index contributed by atoms with van der Waals surface area (Å²) in [6.45, 7) is 2.04. The molecular weight excluding hydrogens is 296 g/mol. The summed E-state index contributed by atoms with van der Waals surface area (Å²) in [6, 6.07) is 7.13. The first-order chi connectivity index (χ1) is 11.1. The van der Waals surface area contributed by atoms with Crippen LogP contribution in [0.4, 0.5) is 5.69 Å². The van der Waals surface area contributed by atoms with Gasteiger partial charge in [-0.05, 0) is 30.9 Å². The van der Waals surface area contributed by atoms with E-state index in [2.05, 4.69) is 11.4 Å². The highest BCUT2D eigenvalue weighted by molar-refractivity contribution is 5.87. The molecule has 0 bridgehead atoms. The van der Waals surface area contributed by atoms with E-state index < -0.39 is 12.0 Å². The largest absolute Gasteiger partial charge is 0.480 e. The summed E-state index contributed by atoms with van der Waals surface area (Å²) in [4.78, 5) is 25.8. The molecule has 6 heteroatoms. The molecule has 124 valence electrons. The number of carbonyl (C=O) groups is 2. The Morgan fingerprint density at radius 1 is 1.39 bits per heavy atom. The quantitative estimate of drug-likeness (QED) is 0.848. The average Bonchev–Trinajstić information content (AvgIpc) is 2.96. The number of rotatable bonds is 5. The molecule has 1 fully saturated rings. The maximum Gasteiger partial charge on any atom is 0.326 e. The van der Waals surface area contributed by atoms with E-state index in [1.54, 1.807) is 0 Å². The van der Waals surface area contributed by atoms with Crippen molar-refractivity contribution in [2.75, 3.05) is 31.2 Å². The number of hydrogen-bond acceptors (Lipinski definition) is 4. The zero-order valence-electron chi connectivity index (χ0n) is 13.0. The van der Waals surface area contributed by atoms with E-state index in [1.165, 1.54) is 5.56 Å². The van der Waals surface area contributed by atoms with Crippen LogP contribution in [0.3, 0.4) is 0 Å². The van der Waals surface area contributed by atoms with Gasteiger partial charge in [0.15, 0.2) is 0 Å². The molecule has 23 heavy (non-hydrogen) atoms. The lowest BCUT2D eigenvalue weighted by Gasteiger charge is -2.29. The van der Waals surface area contributed by atoms with Crippen LogP contribution >= 0.6 is 0 Å². The molecule has 3 rings (SSSR count). The highest BCUT2D eigenvalue weighted by atomic mass is 16.5. The van der Waals surface area contributed by atoms with E-state index in [1.807, 2.05) is 23.1 Å². The van der Waals surface area contributed by atoms with Crippen LogP contribution in [-0.4, -0.2) is 49.3 Å². The first-order valence-corrected chi connectivity index (χ1v) is 8.08. The number of amides is 1. The minimum absolute atomic E-state index is 0.156. The highest BCUT2D eigenvalue weighted by Gasteiger charge is 2.32. The van der Waals surface area contributed by atoms with Gasteiger partial charge in [-0.1, -0.05) is 18.2 Å². The van der Waals surface area contributed by atoms with E-state index in [0.29, 0.717) is 13.2 Å². The van der Waals surface area contributed by atoms with E-state index in [-0.39, 0.29) is 18.4 Å². The molecule has 1 saturated heterocycles. The fraction of sp³-hybridized carbons (Fsp3) is 0.529. The zero-order chi connectivity index (χ0) is 16.2. The second-order valence-electron chi connectivity index (χ2n) is 6.16. The number of nitrogens with one attached hydrogen (secondary N) is 1. The van der Waals surface area contributed by atoms with Crippen LogP contribution in [0.5, 0.6) is 0 Å². The minimum Gasteiger partial charge on any atom is -0.480 e. The summed E-state index contributed by atoms with van der Waals surface area (Å²) in [5.41, 5.74) is 2.30. The smallest absolute Gasteiger partial charge is 0.326 e. The maximum absolute atomic E-state index is 12.3. The number of hydrogen-bond donors (Lipinski definition) is 2. The molecule has 0 aliphatic carbocycles. The van der Waals surface area contributed by atoms with Crippen molar-refractivity contribution < 1.29 is 19.4 Å². The van der Waals surface area contributed by atoms with Crippen molar-refractivity contribution in [1.82, 2.24) is 5.32 Å². The van der Waals surface area contributed by atoms with Gasteiger partial charge in [0.05, 0.1) is 13.2 Å². The monoisotopic (exact) mass is 318 g/mol. The first kappa shape index (κ1) is 15.8. The second-order valence-corrected chi connectivity index (χ2v) is 6.16. The van der Waals surface area contributed by atoms with Gasteiger partial charge in [-0.2, -0.15) is 0 Å². The van der Waals surface area contributed by atoms with Crippen LogP contribution in [0.15, 0.2) is 24.3 Å². The number of nitrogens with zero attached hydrogens (tertiary/aromatic N) is 1. The number of carbonyl (C=O) groups excluding carboxylic acids is 1. The zero-order valence-corrected chi connectivity index (χ0v) is 13.0. The fourth-order valence-corrected chi connectivity index (χ4v) is 3.37. The molecule has 2 N–H and O–H groups in total. The Kier molecular flexibility index (Phi) is 4.81. The number of fused-ring (bicyclic) bond motifs is 1. The molecule has 1 amide bonds. The number of carboxylic acid groups (broad SMARTS) is 1. The van der Waals surface area contributed by atoms with Gasteiger partial charge in [-0.25, -0.2) is 4.79 Å². The van der Waals surface area contributed by atoms with E-state index in [9.17, 15) is 14.7 Å². The topological polar surface area (TPSA) is 78.9 Å². The Morgan fingerprint density at radius 2 is 2.22 bits per heavy atom. The molecule has 2 aliphatic heterocycles. The van der Waals surface area contributed by atoms with Crippen molar-refractivity contribution in [2.24, 2.45) is 5.92 Å². The molecule has 1 aromatic rings. The molecule has 2 unspecified atom stereocenters. The lowest BCUT2D eigenvalue weighted by Crippen LogP contribution is -2.50. The van der Waals surface area contributed by atoms with E-state index >= 15 is 0 Å². The third-order valence-electron chi connectivity index (χ3n) is 4.57. The van der Waals surface area contributed by atoms with Gasteiger partial charge in [-0.3, -0.25) is 4.79 Å². The van der Waals surface area contributed by atoms with Crippen molar-refractivity contribution in [3.05, 3.63) is 29.8 Å². The van der Waals surface area contributed by atoms with E-state index in [0.717, 1.165) is 31.5 Å². The Labute approximate surface area is 135 Å². The lowest BCUT2D eigenvalue weighted by atomic mass is 9.93. The second kappa shape index (κ2) is 7.00. The van der Waals surface area contributed by atoms with Gasteiger partial charge in [0.25, 0.3) is 0 Å². The van der Waals surface area contributed by atoms with Gasteiger partial charge < -0.3 is 20.1 Å². The van der Waals surface area contributed by atoms with Gasteiger partial charge in [0, 0.05) is 24.8 Å². The molecule has 0 spiro atoms. The molecule has 1 aromatic carbocycles. The van der Waals surface area contributed by atoms with Crippen molar-refractivity contribution in [1.29, 1.82) is 0 Å². The summed E-state index contributed by atoms with van der Waals surface area (Å²) in [5.74, 6) is -1.40. The number of aliphatic carboxylic acids is 1. The molecule has 0 radical (unpaired) electrons. The van der Waals surface area contributed by atoms with Crippen molar-refractivity contribution in [2.45, 2.75) is 25.3 Å². The van der Waals surface area contributed by atoms with Gasteiger partial charge in [0.1, 0.15) is 6.04 Å². The summed E-state index contributed by atoms with van der Waals surface area (Å²) < 4.78 is 5.35. The first-order valence-electron chi connectivity index (χ1n) is 8.08. The highest BCUT2D eigenvalue weighted by Crippen LogP contribution is 2.27. The Morgan fingerprint density at radius 3 is 2.96 bits per heavy atom. The normalized spacial score (nSPS) is 21.6. The van der Waals surface area contributed by atoms with Crippen molar-refractivity contribution in [3.8, 4) is 0 Å². The summed E-state index contributed by atoms with van der Waals surface area (Å²) in [5, 5.41) is 12.1. The van der Waals surface area contributed by atoms with Crippen LogP contribution < -0.4 is 10.2 Å². The van der Waals surface area contributed by atoms with Crippen molar-refractivity contribution >= 4 is 17.6 Å². The average molecular weight is 318 g/mol. The third-order valence-corrected chi connectivity index (χ3v) is 4.57. The van der Waals surface area contributed by atoms with E-state index in [4.69, 9.17) is 4.74 Å². The predicted molar refractivity (Wildman–Crippen MR) is 85.5 cm³/mol. The van der Waals surface area contributed by atoms with Crippen molar-refractivity contribution in [3.63, 3.8) is 0 Å². The van der Waals surface area contributed by atoms with Gasteiger partial charge in [-0.15, -0.1) is 0 Å². The molecule has 2 heterocycles. The molecule has 2 atom stereocenters. The lowest BCUT2D eigenvalue weighted by molar-refractivity contribution is -0.144. The third kappa shape index (κ3) is 3.64. The molecule has 0 saturated carbocycles. The predicted octanol–water partition coefficient (Wildman–Crippen LogP) is 1.05. The van der Waals surface area contributed by atoms with Crippen LogP contribution in [0.2, 0.25) is 0 Å². The Bertz CT molecular complexity index is 584. The number of anilines is 1. The number of para-hydroxylation sites is 1. The Hall–Kier alpha value is -2.08. The number of benzene rings is 1. The SMILES string of the molecule is O=C(CN1CCc2ccccc21)NC(C(=O)O)C1CCCOC1. The fourth-order valence-electron chi connectivity index (χ4n) is 3.37. The molecule has 2 aliphatic rings. The van der Waals surface area contributed by atoms with Gasteiger partial charge >= 0.3 is 5.97 Å². The minimum atomic E-state index is -0.990. The standard InChI is InChI=1S/C17H22N2O4/c20-15(10-19-8-7-12-4-1-2-6-14(12)19)18-16(17(21)22)13-5-3-9-23-11-13/h1-2,4,6,13,16H,3,5,7-11H2,(H,18,20)(H,21,22). The van der Waals surface area contributed by atoms with Crippen LogP contribution in [-0.2, 0) is 20.7 Å². The summed E-state index contributed by atoms with van der Waals surface area (Å²) in [7, 11) is 0. The molecule has 0 aromatic heterocycles. The molecule has 6 nitrogen and oxygen atoms in total. The molecular formula is C17H22N2O4. The van der Waals surface area contributed by atoms with Crippen LogP contribution in [0.25, 0.3) is 0 Å².